The lowest BCUT2D eigenvalue weighted by molar-refractivity contribution is -0.302. The van der Waals surface area contributed by atoms with Crippen molar-refractivity contribution >= 4 is 11.6 Å². The first-order chi connectivity index (χ1) is 10.5. The van der Waals surface area contributed by atoms with E-state index in [0.717, 1.165) is 11.1 Å². The number of halogens is 3. The lowest BCUT2D eigenvalue weighted by Gasteiger charge is -2.32. The molecular weight excluding hydrogens is 313 g/mol. The summed E-state index contributed by atoms with van der Waals surface area (Å²) in [6.45, 7) is 4.40. The van der Waals surface area contributed by atoms with E-state index in [0.29, 0.717) is 5.75 Å². The molecule has 2 rings (SSSR count). The number of benzene rings is 1. The number of aliphatic hydroxyl groups is 1. The predicted octanol–water partition coefficient (Wildman–Crippen LogP) is 2.54. The van der Waals surface area contributed by atoms with Crippen LogP contribution in [-0.2, 0) is 4.79 Å². The average molecular weight is 330 g/mol. The van der Waals surface area contributed by atoms with Crippen molar-refractivity contribution in [1.29, 1.82) is 0 Å². The van der Waals surface area contributed by atoms with Crippen molar-refractivity contribution in [3.05, 3.63) is 29.3 Å². The number of carbonyl (C=O) groups excluding carboxylic acids is 1. The second-order valence-corrected chi connectivity index (χ2v) is 5.57. The number of hydrazone groups is 1. The fraction of sp³-hybridized carbons (Fsp3) is 0.467. The van der Waals surface area contributed by atoms with E-state index in [9.17, 15) is 23.1 Å². The van der Waals surface area contributed by atoms with Gasteiger partial charge in [0.05, 0.1) is 0 Å². The lowest BCUT2D eigenvalue weighted by atomic mass is 10.1. The number of amides is 1. The standard InChI is InChI=1S/C15H17F3N2O3/c1-9-4-5-12(6-10(9)2)23-8-13(21)20-14(22,15(16,17)18)7-11(3)19-20/h4-6,22H,7-8H2,1-3H3/t14-/m1/s1. The fourth-order valence-corrected chi connectivity index (χ4v) is 2.21. The Morgan fingerprint density at radius 2 is 2.00 bits per heavy atom. The Balaban J connectivity index is 2.11. The van der Waals surface area contributed by atoms with Crippen LogP contribution in [0.2, 0.25) is 0 Å². The van der Waals surface area contributed by atoms with Gasteiger partial charge in [0, 0.05) is 12.1 Å². The van der Waals surface area contributed by atoms with Crippen molar-refractivity contribution in [2.24, 2.45) is 5.10 Å². The molecule has 0 fully saturated rings. The van der Waals surface area contributed by atoms with Gasteiger partial charge in [0.1, 0.15) is 5.75 Å². The van der Waals surface area contributed by atoms with E-state index in [1.807, 2.05) is 13.8 Å². The molecule has 1 atom stereocenters. The van der Waals surface area contributed by atoms with Gasteiger partial charge in [-0.15, -0.1) is 0 Å². The summed E-state index contributed by atoms with van der Waals surface area (Å²) in [6, 6.07) is 5.07. The number of rotatable bonds is 3. The van der Waals surface area contributed by atoms with Gasteiger partial charge < -0.3 is 9.84 Å². The van der Waals surface area contributed by atoms with Gasteiger partial charge in [-0.3, -0.25) is 4.79 Å². The number of nitrogens with zero attached hydrogens (tertiary/aromatic N) is 2. The van der Waals surface area contributed by atoms with Crippen LogP contribution in [-0.4, -0.2) is 40.2 Å². The first-order valence-corrected chi connectivity index (χ1v) is 6.91. The molecule has 5 nitrogen and oxygen atoms in total. The summed E-state index contributed by atoms with van der Waals surface area (Å²) in [5, 5.41) is 13.4. The first-order valence-electron chi connectivity index (χ1n) is 6.91. The number of alkyl halides is 3. The molecule has 0 aliphatic carbocycles. The van der Waals surface area contributed by atoms with E-state index < -0.39 is 30.8 Å². The van der Waals surface area contributed by atoms with E-state index >= 15 is 0 Å². The van der Waals surface area contributed by atoms with Gasteiger partial charge in [0.2, 0.25) is 0 Å². The van der Waals surface area contributed by atoms with Gasteiger partial charge in [-0.2, -0.15) is 23.3 Å². The molecule has 1 aliphatic heterocycles. The van der Waals surface area contributed by atoms with Crippen molar-refractivity contribution in [3.8, 4) is 5.75 Å². The molecule has 0 radical (unpaired) electrons. The summed E-state index contributed by atoms with van der Waals surface area (Å²) in [7, 11) is 0. The van der Waals surface area contributed by atoms with Gasteiger partial charge >= 0.3 is 6.18 Å². The Morgan fingerprint density at radius 1 is 1.35 bits per heavy atom. The van der Waals surface area contributed by atoms with Crippen LogP contribution in [0.4, 0.5) is 13.2 Å². The van der Waals surface area contributed by atoms with Crippen molar-refractivity contribution in [2.75, 3.05) is 6.61 Å². The van der Waals surface area contributed by atoms with Gasteiger partial charge in [-0.05, 0) is 44.0 Å². The zero-order valence-electron chi connectivity index (χ0n) is 12.9. The fourth-order valence-electron chi connectivity index (χ4n) is 2.21. The normalized spacial score (nSPS) is 21.3. The van der Waals surface area contributed by atoms with Crippen LogP contribution in [0.25, 0.3) is 0 Å². The van der Waals surface area contributed by atoms with Crippen LogP contribution in [0, 0.1) is 13.8 Å². The third-order valence-electron chi connectivity index (χ3n) is 3.65. The Bertz CT molecular complexity index is 658. The summed E-state index contributed by atoms with van der Waals surface area (Å²) in [4.78, 5) is 12.0. The van der Waals surface area contributed by atoms with E-state index in [1.54, 1.807) is 18.2 Å². The molecule has 1 aliphatic rings. The Hall–Kier alpha value is -2.09. The Morgan fingerprint density at radius 3 is 2.57 bits per heavy atom. The summed E-state index contributed by atoms with van der Waals surface area (Å²) in [5.74, 6) is -0.711. The number of carbonyl (C=O) groups is 1. The molecule has 0 saturated heterocycles. The molecule has 1 aromatic rings. The van der Waals surface area contributed by atoms with Crippen LogP contribution in [0.15, 0.2) is 23.3 Å². The molecule has 1 heterocycles. The van der Waals surface area contributed by atoms with Gasteiger partial charge in [-0.1, -0.05) is 6.07 Å². The van der Waals surface area contributed by atoms with Crippen LogP contribution >= 0.6 is 0 Å². The largest absolute Gasteiger partial charge is 0.484 e. The summed E-state index contributed by atoms with van der Waals surface area (Å²) in [5.41, 5.74) is -1.35. The topological polar surface area (TPSA) is 62.1 Å². The smallest absolute Gasteiger partial charge is 0.438 e. The summed E-state index contributed by atoms with van der Waals surface area (Å²) < 4.78 is 44.3. The highest BCUT2D eigenvalue weighted by molar-refractivity contribution is 5.89. The average Bonchev–Trinajstić information content (AvgIpc) is 2.76. The molecule has 1 aromatic carbocycles. The molecule has 0 spiro atoms. The maximum absolute atomic E-state index is 13.0. The summed E-state index contributed by atoms with van der Waals surface area (Å²) >= 11 is 0. The van der Waals surface area contributed by atoms with Crippen LogP contribution in [0.5, 0.6) is 5.75 Å². The molecular formula is C15H17F3N2O3. The molecule has 0 unspecified atom stereocenters. The minimum Gasteiger partial charge on any atom is -0.484 e. The van der Waals surface area contributed by atoms with Crippen molar-refractivity contribution in [1.82, 2.24) is 5.01 Å². The molecule has 1 N–H and O–H groups in total. The van der Waals surface area contributed by atoms with Crippen molar-refractivity contribution in [3.63, 3.8) is 0 Å². The highest BCUT2D eigenvalue weighted by Crippen LogP contribution is 2.40. The Labute approximate surface area is 131 Å². The molecule has 23 heavy (non-hydrogen) atoms. The summed E-state index contributed by atoms with van der Waals surface area (Å²) in [6.07, 6.45) is -5.78. The second-order valence-electron chi connectivity index (χ2n) is 5.57. The number of aryl methyl sites for hydroxylation is 2. The Kier molecular flexibility index (Phi) is 4.39. The minimum atomic E-state index is -5.01. The highest BCUT2D eigenvalue weighted by Gasteiger charge is 2.62. The van der Waals surface area contributed by atoms with Gasteiger partial charge in [0.25, 0.3) is 11.6 Å². The molecule has 8 heteroatoms. The highest BCUT2D eigenvalue weighted by atomic mass is 19.4. The van der Waals surface area contributed by atoms with Crippen LogP contribution in [0.3, 0.4) is 0 Å². The van der Waals surface area contributed by atoms with Crippen LogP contribution < -0.4 is 4.74 Å². The van der Waals surface area contributed by atoms with Crippen LogP contribution in [0.1, 0.15) is 24.5 Å². The maximum Gasteiger partial charge on any atom is 0.438 e. The van der Waals surface area contributed by atoms with Crippen molar-refractivity contribution in [2.45, 2.75) is 39.1 Å². The zero-order valence-corrected chi connectivity index (χ0v) is 12.9. The number of hydrogen-bond donors (Lipinski definition) is 1. The van der Waals surface area contributed by atoms with E-state index in [4.69, 9.17) is 4.74 Å². The monoisotopic (exact) mass is 330 g/mol. The first kappa shape index (κ1) is 17.3. The molecule has 0 saturated carbocycles. The quantitative estimate of drug-likeness (QED) is 0.926. The predicted molar refractivity (Wildman–Crippen MR) is 77.0 cm³/mol. The molecule has 0 bridgehead atoms. The minimum absolute atomic E-state index is 0.0179. The lowest BCUT2D eigenvalue weighted by Crippen LogP contribution is -2.57. The third kappa shape index (κ3) is 3.31. The zero-order chi connectivity index (χ0) is 17.4. The third-order valence-corrected chi connectivity index (χ3v) is 3.65. The molecule has 126 valence electrons. The molecule has 0 aromatic heterocycles. The van der Waals surface area contributed by atoms with E-state index in [-0.39, 0.29) is 10.7 Å². The maximum atomic E-state index is 13.0. The van der Waals surface area contributed by atoms with Crippen molar-refractivity contribution < 1.29 is 27.8 Å². The second kappa shape index (κ2) is 5.84. The van der Waals surface area contributed by atoms with Gasteiger partial charge in [-0.25, -0.2) is 0 Å². The van der Waals surface area contributed by atoms with E-state index in [1.165, 1.54) is 6.92 Å². The number of ether oxygens (including phenoxy) is 1. The molecule has 1 amide bonds. The van der Waals surface area contributed by atoms with E-state index in [2.05, 4.69) is 5.10 Å². The number of hydrogen-bond acceptors (Lipinski definition) is 4. The van der Waals surface area contributed by atoms with Gasteiger partial charge in [0.15, 0.2) is 6.61 Å². The SMILES string of the molecule is CC1=NN(C(=O)COc2ccc(C)c(C)c2)[C@](O)(C(F)(F)F)C1.